The first-order chi connectivity index (χ1) is 9.66. The minimum absolute atomic E-state index is 0.276. The molecule has 0 amide bonds. The summed E-state index contributed by atoms with van der Waals surface area (Å²) in [6.07, 6.45) is 19.6. The molecule has 1 unspecified atom stereocenters. The molecule has 20 heavy (non-hydrogen) atoms. The van der Waals surface area contributed by atoms with Gasteiger partial charge in [-0.2, -0.15) is 0 Å². The summed E-state index contributed by atoms with van der Waals surface area (Å²) in [5, 5.41) is 19.5. The number of rotatable bonds is 11. The van der Waals surface area contributed by atoms with E-state index in [2.05, 4.69) is 6.92 Å². The van der Waals surface area contributed by atoms with Gasteiger partial charge in [0, 0.05) is 6.42 Å². The van der Waals surface area contributed by atoms with Gasteiger partial charge in [0.15, 0.2) is 0 Å². The summed E-state index contributed by atoms with van der Waals surface area (Å²) in [5.74, 6) is 0.276. The van der Waals surface area contributed by atoms with E-state index in [-0.39, 0.29) is 5.76 Å². The molecule has 1 atom stereocenters. The predicted octanol–water partition coefficient (Wildman–Crippen LogP) is 5.43. The molecule has 0 heterocycles. The van der Waals surface area contributed by atoms with Crippen LogP contribution in [0.5, 0.6) is 0 Å². The van der Waals surface area contributed by atoms with Crippen LogP contribution < -0.4 is 0 Å². The van der Waals surface area contributed by atoms with E-state index in [9.17, 15) is 10.2 Å². The highest BCUT2D eigenvalue weighted by molar-refractivity contribution is 5.22. The Balaban J connectivity index is 1.91. The summed E-state index contributed by atoms with van der Waals surface area (Å²) < 4.78 is 0. The van der Waals surface area contributed by atoms with Crippen molar-refractivity contribution < 1.29 is 10.2 Å². The smallest absolute Gasteiger partial charge is 0.111 e. The lowest BCUT2D eigenvalue weighted by atomic mass is 9.89. The zero-order valence-electron chi connectivity index (χ0n) is 13.1. The number of aliphatic hydroxyl groups excluding tert-OH is 1. The van der Waals surface area contributed by atoms with Crippen LogP contribution in [0, 0.1) is 0 Å². The van der Waals surface area contributed by atoms with E-state index in [1.807, 2.05) is 0 Å². The molecular formula is C18H32O2. The Kier molecular flexibility index (Phi) is 8.68. The van der Waals surface area contributed by atoms with E-state index in [4.69, 9.17) is 0 Å². The molecule has 0 bridgehead atoms. The second-order valence-electron chi connectivity index (χ2n) is 6.20. The van der Waals surface area contributed by atoms with E-state index < -0.39 is 5.60 Å². The van der Waals surface area contributed by atoms with Crippen molar-refractivity contribution >= 4 is 0 Å². The van der Waals surface area contributed by atoms with Crippen LogP contribution in [0.4, 0.5) is 0 Å². The average Bonchev–Trinajstić information content (AvgIpc) is 2.45. The Hall–Kier alpha value is -0.760. The largest absolute Gasteiger partial charge is 0.508 e. The van der Waals surface area contributed by atoms with Crippen LogP contribution >= 0.6 is 0 Å². The molecule has 2 N–H and O–H groups in total. The topological polar surface area (TPSA) is 40.5 Å². The van der Waals surface area contributed by atoms with Crippen molar-refractivity contribution in [3.05, 3.63) is 24.0 Å². The molecule has 0 saturated carbocycles. The summed E-state index contributed by atoms with van der Waals surface area (Å²) in [7, 11) is 0. The molecule has 0 radical (unpaired) electrons. The van der Waals surface area contributed by atoms with Crippen LogP contribution in [0.1, 0.15) is 84.0 Å². The first kappa shape index (κ1) is 17.3. The molecule has 0 aromatic carbocycles. The van der Waals surface area contributed by atoms with Crippen LogP contribution in [0.3, 0.4) is 0 Å². The minimum Gasteiger partial charge on any atom is -0.508 e. The van der Waals surface area contributed by atoms with Crippen molar-refractivity contribution in [1.82, 2.24) is 0 Å². The lowest BCUT2D eigenvalue weighted by molar-refractivity contribution is 0.0783. The van der Waals surface area contributed by atoms with E-state index in [0.717, 1.165) is 12.8 Å². The van der Waals surface area contributed by atoms with Crippen molar-refractivity contribution in [1.29, 1.82) is 0 Å². The van der Waals surface area contributed by atoms with Crippen molar-refractivity contribution in [2.45, 2.75) is 89.6 Å². The molecule has 0 spiro atoms. The van der Waals surface area contributed by atoms with Gasteiger partial charge in [0.1, 0.15) is 5.76 Å². The van der Waals surface area contributed by atoms with Crippen molar-refractivity contribution in [2.75, 3.05) is 0 Å². The van der Waals surface area contributed by atoms with Gasteiger partial charge in [-0.25, -0.2) is 0 Å². The van der Waals surface area contributed by atoms with E-state index in [1.54, 1.807) is 18.2 Å². The number of allylic oxidation sites excluding steroid dienone is 1. The summed E-state index contributed by atoms with van der Waals surface area (Å²) in [4.78, 5) is 0. The summed E-state index contributed by atoms with van der Waals surface area (Å²) in [6.45, 7) is 2.26. The Morgan fingerprint density at radius 2 is 1.50 bits per heavy atom. The highest BCUT2D eigenvalue weighted by Gasteiger charge is 2.24. The molecule has 1 rings (SSSR count). The van der Waals surface area contributed by atoms with Gasteiger partial charge in [-0.3, -0.25) is 0 Å². The maximum Gasteiger partial charge on any atom is 0.111 e. The Labute approximate surface area is 124 Å². The molecule has 0 aromatic heterocycles. The molecule has 1 aliphatic carbocycles. The van der Waals surface area contributed by atoms with Gasteiger partial charge in [0.2, 0.25) is 0 Å². The fraction of sp³-hybridized carbons (Fsp3) is 0.778. The van der Waals surface area contributed by atoms with Crippen LogP contribution in [-0.4, -0.2) is 15.8 Å². The molecule has 0 saturated heterocycles. The van der Waals surface area contributed by atoms with E-state index >= 15 is 0 Å². The highest BCUT2D eigenvalue weighted by Crippen LogP contribution is 2.26. The second kappa shape index (κ2) is 10.0. The maximum absolute atomic E-state index is 10.3. The molecule has 116 valence electrons. The molecule has 0 aromatic rings. The van der Waals surface area contributed by atoms with E-state index in [0.29, 0.717) is 6.42 Å². The highest BCUT2D eigenvalue weighted by atomic mass is 16.3. The molecule has 0 aliphatic heterocycles. The quantitative estimate of drug-likeness (QED) is 0.495. The summed E-state index contributed by atoms with van der Waals surface area (Å²) in [5.41, 5.74) is -0.716. The summed E-state index contributed by atoms with van der Waals surface area (Å²) >= 11 is 0. The standard InChI is InChI=1S/C18H32O2/c1-2-3-4-5-6-7-8-9-10-11-14-18(20)15-12-17(19)13-16-18/h12-13,15,19-20H,2-11,14,16H2,1H3. The fourth-order valence-electron chi connectivity index (χ4n) is 2.76. The first-order valence-corrected chi connectivity index (χ1v) is 8.47. The number of unbranched alkanes of at least 4 members (excludes halogenated alkanes) is 9. The zero-order valence-corrected chi connectivity index (χ0v) is 13.1. The maximum atomic E-state index is 10.3. The SMILES string of the molecule is CCCCCCCCCCCCC1(O)C=CC(O)=CC1. The number of hydrogen-bond donors (Lipinski definition) is 2. The lowest BCUT2D eigenvalue weighted by Crippen LogP contribution is -2.26. The van der Waals surface area contributed by atoms with Gasteiger partial charge in [-0.15, -0.1) is 0 Å². The van der Waals surface area contributed by atoms with Gasteiger partial charge >= 0.3 is 0 Å². The van der Waals surface area contributed by atoms with Crippen LogP contribution in [-0.2, 0) is 0 Å². The van der Waals surface area contributed by atoms with E-state index in [1.165, 1.54) is 57.8 Å². The number of aliphatic hydroxyl groups is 2. The molecule has 2 nitrogen and oxygen atoms in total. The third kappa shape index (κ3) is 7.74. The Bertz CT molecular complexity index is 307. The van der Waals surface area contributed by atoms with Crippen molar-refractivity contribution in [3.8, 4) is 0 Å². The molecule has 1 aliphatic rings. The Morgan fingerprint density at radius 1 is 0.950 bits per heavy atom. The van der Waals surface area contributed by atoms with Gasteiger partial charge in [0.05, 0.1) is 5.60 Å². The fourth-order valence-corrected chi connectivity index (χ4v) is 2.76. The van der Waals surface area contributed by atoms with Crippen LogP contribution in [0.25, 0.3) is 0 Å². The molecule has 2 heteroatoms. The van der Waals surface area contributed by atoms with Gasteiger partial charge in [-0.1, -0.05) is 71.1 Å². The summed E-state index contributed by atoms with van der Waals surface area (Å²) in [6, 6.07) is 0. The minimum atomic E-state index is -0.716. The normalized spacial score (nSPS) is 22.0. The van der Waals surface area contributed by atoms with Gasteiger partial charge < -0.3 is 10.2 Å². The lowest BCUT2D eigenvalue weighted by Gasteiger charge is -2.25. The second-order valence-corrected chi connectivity index (χ2v) is 6.20. The monoisotopic (exact) mass is 280 g/mol. The third-order valence-corrected chi connectivity index (χ3v) is 4.19. The Morgan fingerprint density at radius 3 is 2.00 bits per heavy atom. The number of hydrogen-bond acceptors (Lipinski definition) is 2. The van der Waals surface area contributed by atoms with Crippen molar-refractivity contribution in [3.63, 3.8) is 0 Å². The zero-order chi connectivity index (χ0) is 14.7. The van der Waals surface area contributed by atoms with Gasteiger partial charge in [0.25, 0.3) is 0 Å². The van der Waals surface area contributed by atoms with Crippen LogP contribution in [0.2, 0.25) is 0 Å². The average molecular weight is 280 g/mol. The van der Waals surface area contributed by atoms with Gasteiger partial charge in [-0.05, 0) is 24.6 Å². The molecular weight excluding hydrogens is 248 g/mol. The molecule has 0 fully saturated rings. The third-order valence-electron chi connectivity index (χ3n) is 4.19. The van der Waals surface area contributed by atoms with Crippen LogP contribution in [0.15, 0.2) is 24.0 Å². The van der Waals surface area contributed by atoms with Crippen molar-refractivity contribution in [2.24, 2.45) is 0 Å². The first-order valence-electron chi connectivity index (χ1n) is 8.47. The predicted molar refractivity (Wildman–Crippen MR) is 85.9 cm³/mol.